The number of carbonyl (C=O) groups is 2. The van der Waals surface area contributed by atoms with E-state index < -0.39 is 18.2 Å². The van der Waals surface area contributed by atoms with Crippen LogP contribution < -0.4 is 5.32 Å². The van der Waals surface area contributed by atoms with Gasteiger partial charge in [0.25, 0.3) is 0 Å². The summed E-state index contributed by atoms with van der Waals surface area (Å²) in [5.74, 6) is -0.496. The topological polar surface area (TPSA) is 95.9 Å². The first-order valence-corrected chi connectivity index (χ1v) is 29.1. The molecule has 3 N–H and O–H groups in total. The highest BCUT2D eigenvalue weighted by Crippen LogP contribution is 2.18. The normalized spacial score (nSPS) is 13.6. The number of allylic oxidation sites excluding steroid dienone is 10. The van der Waals surface area contributed by atoms with E-state index in [4.69, 9.17) is 4.74 Å². The Kier molecular flexibility index (Phi) is 52.5. The molecule has 0 aliphatic heterocycles. The van der Waals surface area contributed by atoms with Crippen molar-refractivity contribution in [1.82, 2.24) is 5.32 Å². The van der Waals surface area contributed by atoms with Crippen LogP contribution in [0.15, 0.2) is 60.8 Å². The number of nitrogens with one attached hydrogen (secondary N) is 1. The maximum atomic E-state index is 13.3. The number of unbranched alkanes of at least 4 members (excludes halogenated alkanes) is 33. The third kappa shape index (κ3) is 49.8. The summed E-state index contributed by atoms with van der Waals surface area (Å²) in [6.45, 7) is 6.37. The van der Waals surface area contributed by atoms with Crippen molar-refractivity contribution in [1.29, 1.82) is 0 Å². The molecule has 0 saturated heterocycles. The van der Waals surface area contributed by atoms with Crippen molar-refractivity contribution in [2.75, 3.05) is 6.61 Å². The van der Waals surface area contributed by atoms with Crippen molar-refractivity contribution < 1.29 is 24.5 Å². The molecule has 3 atom stereocenters. The van der Waals surface area contributed by atoms with E-state index in [-0.39, 0.29) is 24.9 Å². The second-order valence-electron chi connectivity index (χ2n) is 19.8. The summed E-state index contributed by atoms with van der Waals surface area (Å²) in [5, 5.41) is 23.9. The lowest BCUT2D eigenvalue weighted by molar-refractivity contribution is -0.151. The molecular weight excluding hydrogens is 827 g/mol. The highest BCUT2D eigenvalue weighted by molar-refractivity contribution is 5.77. The minimum absolute atomic E-state index is 0.0648. The van der Waals surface area contributed by atoms with Gasteiger partial charge in [-0.05, 0) is 70.6 Å². The van der Waals surface area contributed by atoms with E-state index in [9.17, 15) is 19.8 Å². The molecule has 6 heteroatoms. The van der Waals surface area contributed by atoms with Crippen LogP contribution in [0.2, 0.25) is 0 Å². The maximum Gasteiger partial charge on any atom is 0.306 e. The van der Waals surface area contributed by atoms with E-state index in [2.05, 4.69) is 68.6 Å². The predicted octanol–water partition coefficient (Wildman–Crippen LogP) is 18.0. The van der Waals surface area contributed by atoms with Gasteiger partial charge < -0.3 is 20.3 Å². The monoisotopic (exact) mass is 938 g/mol. The minimum Gasteiger partial charge on any atom is -0.462 e. The number of aliphatic hydroxyl groups is 2. The number of carbonyl (C=O) groups excluding carboxylic acids is 2. The lowest BCUT2D eigenvalue weighted by Gasteiger charge is -2.24. The van der Waals surface area contributed by atoms with Crippen molar-refractivity contribution in [2.45, 2.75) is 309 Å². The average molecular weight is 939 g/mol. The second kappa shape index (κ2) is 54.5. The van der Waals surface area contributed by atoms with Gasteiger partial charge in [-0.2, -0.15) is 0 Å². The van der Waals surface area contributed by atoms with Crippen molar-refractivity contribution >= 4 is 11.9 Å². The van der Waals surface area contributed by atoms with Gasteiger partial charge in [0.15, 0.2) is 0 Å². The van der Waals surface area contributed by atoms with E-state index in [1.54, 1.807) is 0 Å². The Morgan fingerprint density at radius 2 is 0.821 bits per heavy atom. The van der Waals surface area contributed by atoms with E-state index in [0.29, 0.717) is 19.3 Å². The molecular formula is C61H111NO5. The smallest absolute Gasteiger partial charge is 0.306 e. The van der Waals surface area contributed by atoms with Crippen LogP contribution in [0, 0.1) is 0 Å². The Hall–Kier alpha value is -2.44. The molecule has 0 saturated carbocycles. The highest BCUT2D eigenvalue weighted by Gasteiger charge is 2.24. The molecule has 67 heavy (non-hydrogen) atoms. The second-order valence-corrected chi connectivity index (χ2v) is 19.8. The van der Waals surface area contributed by atoms with Gasteiger partial charge in [0.1, 0.15) is 6.10 Å². The molecule has 0 aliphatic rings. The van der Waals surface area contributed by atoms with Gasteiger partial charge in [-0.3, -0.25) is 9.59 Å². The zero-order chi connectivity index (χ0) is 48.8. The number of ether oxygens (including phenoxy) is 1. The van der Waals surface area contributed by atoms with E-state index >= 15 is 0 Å². The summed E-state index contributed by atoms with van der Waals surface area (Å²) in [4.78, 5) is 26.3. The molecule has 0 spiro atoms. The number of hydrogen-bond donors (Lipinski definition) is 3. The molecule has 390 valence electrons. The zero-order valence-electron chi connectivity index (χ0n) is 44.5. The predicted molar refractivity (Wildman–Crippen MR) is 292 cm³/mol. The summed E-state index contributed by atoms with van der Waals surface area (Å²) in [6, 6.07) is -0.710. The molecule has 0 aromatic heterocycles. The number of amides is 1. The maximum absolute atomic E-state index is 13.3. The fraction of sp³-hybridized carbons (Fsp3) is 0.803. The first-order valence-electron chi connectivity index (χ1n) is 29.1. The van der Waals surface area contributed by atoms with Crippen LogP contribution in [0.1, 0.15) is 290 Å². The molecule has 6 nitrogen and oxygen atoms in total. The minimum atomic E-state index is -0.795. The fourth-order valence-electron chi connectivity index (χ4n) is 8.79. The third-order valence-corrected chi connectivity index (χ3v) is 13.2. The van der Waals surface area contributed by atoms with Gasteiger partial charge in [0.05, 0.1) is 25.2 Å². The highest BCUT2D eigenvalue weighted by atomic mass is 16.5. The number of esters is 1. The number of hydrogen-bond acceptors (Lipinski definition) is 5. The van der Waals surface area contributed by atoms with Crippen molar-refractivity contribution in [2.24, 2.45) is 0 Å². The van der Waals surface area contributed by atoms with Crippen LogP contribution >= 0.6 is 0 Å². The molecule has 0 fully saturated rings. The molecule has 0 aromatic carbocycles. The fourth-order valence-corrected chi connectivity index (χ4v) is 8.79. The van der Waals surface area contributed by atoms with Crippen LogP contribution in [0.5, 0.6) is 0 Å². The van der Waals surface area contributed by atoms with E-state index in [1.807, 2.05) is 18.2 Å². The zero-order valence-corrected chi connectivity index (χ0v) is 44.5. The summed E-state index contributed by atoms with van der Waals surface area (Å²) >= 11 is 0. The van der Waals surface area contributed by atoms with Crippen LogP contribution in [0.25, 0.3) is 0 Å². The standard InChI is InChI=1S/C61H111NO5/c1-4-7-10-13-16-19-22-25-28-30-32-34-37-40-43-46-49-52-57(67-61(66)54-51-48-45-42-39-36-31-27-24-21-18-15-12-9-6-3)55-60(65)62-58(56-63)59(64)53-50-47-44-41-38-35-33-29-26-23-20-17-14-11-8-5-2/h9,12,15,18,21,24-25,27-28,31,57-59,63-64H,4-8,10-11,13-14,16-17,19-20,22-23,26,29-30,32-56H2,1-3H3,(H,62,65)/b12-9+,18-15+,24-21+,28-25+,31-27-. The van der Waals surface area contributed by atoms with E-state index in [0.717, 1.165) is 83.5 Å². The van der Waals surface area contributed by atoms with Gasteiger partial charge in [-0.1, -0.05) is 268 Å². The van der Waals surface area contributed by atoms with Gasteiger partial charge in [-0.15, -0.1) is 0 Å². The van der Waals surface area contributed by atoms with Crippen LogP contribution in [-0.4, -0.2) is 46.9 Å². The summed E-state index contributed by atoms with van der Waals surface area (Å²) in [5.41, 5.74) is 0. The van der Waals surface area contributed by atoms with Gasteiger partial charge in [0.2, 0.25) is 5.91 Å². The number of rotatable bonds is 52. The summed E-state index contributed by atoms with van der Waals surface area (Å²) in [7, 11) is 0. The molecule has 1 amide bonds. The average Bonchev–Trinajstić information content (AvgIpc) is 3.32. The molecule has 0 heterocycles. The van der Waals surface area contributed by atoms with Crippen LogP contribution in [-0.2, 0) is 14.3 Å². The molecule has 0 aromatic rings. The molecule has 0 bridgehead atoms. The van der Waals surface area contributed by atoms with Crippen LogP contribution in [0.3, 0.4) is 0 Å². The Labute approximate surface area is 416 Å². The SMILES string of the molecule is CC/C=C/C=C/C=C/C=C\CCCCCCCC(=O)OC(CCCCCCCCC/C=C/CCCCCCCC)CC(=O)NC(CO)C(O)CCCCCCCCCCCCCCCCCC. The molecule has 0 aliphatic carbocycles. The summed E-state index contributed by atoms with van der Waals surface area (Å²) < 4.78 is 5.95. The van der Waals surface area contributed by atoms with Crippen molar-refractivity contribution in [3.05, 3.63) is 60.8 Å². The van der Waals surface area contributed by atoms with Gasteiger partial charge >= 0.3 is 5.97 Å². The Balaban J connectivity index is 4.59. The Bertz CT molecular complexity index is 1190. The molecule has 0 rings (SSSR count). The Morgan fingerprint density at radius 1 is 0.448 bits per heavy atom. The van der Waals surface area contributed by atoms with Crippen molar-refractivity contribution in [3.8, 4) is 0 Å². The van der Waals surface area contributed by atoms with Crippen LogP contribution in [0.4, 0.5) is 0 Å². The quantitative estimate of drug-likeness (QED) is 0.0244. The lowest BCUT2D eigenvalue weighted by Crippen LogP contribution is -2.46. The third-order valence-electron chi connectivity index (χ3n) is 13.2. The number of aliphatic hydroxyl groups excluding tert-OH is 2. The lowest BCUT2D eigenvalue weighted by atomic mass is 10.0. The first-order chi connectivity index (χ1) is 33.0. The first kappa shape index (κ1) is 64.6. The summed E-state index contributed by atoms with van der Waals surface area (Å²) in [6.07, 6.45) is 68.5. The largest absolute Gasteiger partial charge is 0.462 e. The molecule has 3 unspecified atom stereocenters. The van der Waals surface area contributed by atoms with Crippen molar-refractivity contribution in [3.63, 3.8) is 0 Å². The van der Waals surface area contributed by atoms with Gasteiger partial charge in [-0.25, -0.2) is 0 Å². The van der Waals surface area contributed by atoms with Gasteiger partial charge in [0, 0.05) is 6.42 Å². The molecule has 0 radical (unpaired) electrons. The Morgan fingerprint density at radius 3 is 1.27 bits per heavy atom. The van der Waals surface area contributed by atoms with E-state index in [1.165, 1.54) is 161 Å².